The first-order valence-corrected chi connectivity index (χ1v) is 7.71. The predicted octanol–water partition coefficient (Wildman–Crippen LogP) is 0.791. The maximum atomic E-state index is 11.9. The lowest BCUT2D eigenvalue weighted by Gasteiger charge is -2.09. The standard InChI is InChI=1S/C14H13N3O6S/c18-4-8(13(20)21)16-12(19)9-5-24-14(17-9)15-7-1-2-10-11(3-7)23-6-22-10/h1-3,5,8,18H,4,6H2,(H,15,17)(H,16,19)(H,20,21). The van der Waals surface area contributed by atoms with Crippen molar-refractivity contribution >= 4 is 34.0 Å². The first-order chi connectivity index (χ1) is 11.6. The number of nitrogens with one attached hydrogen (secondary N) is 2. The highest BCUT2D eigenvalue weighted by molar-refractivity contribution is 7.14. The lowest BCUT2D eigenvalue weighted by atomic mass is 10.3. The number of carboxylic acids is 1. The van der Waals surface area contributed by atoms with Gasteiger partial charge in [-0.3, -0.25) is 4.79 Å². The number of anilines is 2. The molecule has 1 aliphatic rings. The van der Waals surface area contributed by atoms with Gasteiger partial charge in [-0.25, -0.2) is 9.78 Å². The topological polar surface area (TPSA) is 130 Å². The number of carboxylic acid groups (broad SMARTS) is 1. The van der Waals surface area contributed by atoms with Gasteiger partial charge < -0.3 is 30.3 Å². The minimum absolute atomic E-state index is 0.0583. The van der Waals surface area contributed by atoms with E-state index in [1.165, 1.54) is 16.7 Å². The zero-order chi connectivity index (χ0) is 17.1. The number of aliphatic hydroxyl groups is 1. The summed E-state index contributed by atoms with van der Waals surface area (Å²) in [6.45, 7) is -0.524. The van der Waals surface area contributed by atoms with Gasteiger partial charge in [-0.15, -0.1) is 11.3 Å². The van der Waals surface area contributed by atoms with Gasteiger partial charge in [0.2, 0.25) is 6.79 Å². The van der Waals surface area contributed by atoms with Crippen molar-refractivity contribution < 1.29 is 29.3 Å². The third kappa shape index (κ3) is 3.39. The van der Waals surface area contributed by atoms with Crippen molar-refractivity contribution in [1.82, 2.24) is 10.3 Å². The molecular weight excluding hydrogens is 338 g/mol. The van der Waals surface area contributed by atoms with E-state index in [0.717, 1.165) is 0 Å². The van der Waals surface area contributed by atoms with Gasteiger partial charge in [-0.2, -0.15) is 0 Å². The highest BCUT2D eigenvalue weighted by Crippen LogP contribution is 2.35. The molecular formula is C14H13N3O6S. The molecule has 0 bridgehead atoms. The number of thiazole rings is 1. The molecule has 1 atom stereocenters. The molecule has 3 rings (SSSR count). The molecule has 2 heterocycles. The first kappa shape index (κ1) is 16.0. The molecule has 0 aliphatic carbocycles. The van der Waals surface area contributed by atoms with E-state index in [1.54, 1.807) is 18.2 Å². The average Bonchev–Trinajstić information content (AvgIpc) is 3.20. The summed E-state index contributed by atoms with van der Waals surface area (Å²) in [6.07, 6.45) is 0. The zero-order valence-corrected chi connectivity index (χ0v) is 13.0. The molecule has 0 saturated carbocycles. The number of ether oxygens (including phenoxy) is 2. The minimum atomic E-state index is -1.37. The Morgan fingerprint density at radius 1 is 1.33 bits per heavy atom. The lowest BCUT2D eigenvalue weighted by Crippen LogP contribution is -2.43. The number of fused-ring (bicyclic) bond motifs is 1. The van der Waals surface area contributed by atoms with E-state index in [2.05, 4.69) is 15.6 Å². The summed E-state index contributed by atoms with van der Waals surface area (Å²) < 4.78 is 10.5. The summed E-state index contributed by atoms with van der Waals surface area (Å²) in [5.41, 5.74) is 0.766. The van der Waals surface area contributed by atoms with Crippen LogP contribution in [0, 0.1) is 0 Å². The smallest absolute Gasteiger partial charge is 0.328 e. The number of amides is 1. The van der Waals surface area contributed by atoms with Crippen LogP contribution in [0.3, 0.4) is 0 Å². The second-order valence-corrected chi connectivity index (χ2v) is 5.64. The molecule has 0 fully saturated rings. The Morgan fingerprint density at radius 2 is 2.12 bits per heavy atom. The summed E-state index contributed by atoms with van der Waals surface area (Å²) in [7, 11) is 0. The normalized spacial score (nSPS) is 13.4. The number of rotatable bonds is 6. The largest absolute Gasteiger partial charge is 0.480 e. The molecule has 126 valence electrons. The molecule has 24 heavy (non-hydrogen) atoms. The second kappa shape index (κ2) is 6.72. The SMILES string of the molecule is O=C(NC(CO)C(=O)O)c1csc(Nc2ccc3c(c2)OCO3)n1. The van der Waals surface area contributed by atoms with Gasteiger partial charge in [-0.1, -0.05) is 0 Å². The molecule has 1 aromatic heterocycles. The minimum Gasteiger partial charge on any atom is -0.480 e. The van der Waals surface area contributed by atoms with Crippen molar-refractivity contribution in [2.24, 2.45) is 0 Å². The molecule has 9 nitrogen and oxygen atoms in total. The lowest BCUT2D eigenvalue weighted by molar-refractivity contribution is -0.140. The summed E-state index contributed by atoms with van der Waals surface area (Å²) in [6, 6.07) is 3.91. The van der Waals surface area contributed by atoms with Gasteiger partial charge in [0, 0.05) is 17.1 Å². The fourth-order valence-corrected chi connectivity index (χ4v) is 2.66. The summed E-state index contributed by atoms with van der Waals surface area (Å²) in [5, 5.41) is 24.9. The Hall–Kier alpha value is -2.85. The van der Waals surface area contributed by atoms with Gasteiger partial charge in [0.1, 0.15) is 5.69 Å². The van der Waals surface area contributed by atoms with Gasteiger partial charge >= 0.3 is 5.97 Å². The van der Waals surface area contributed by atoms with Crippen LogP contribution in [0.1, 0.15) is 10.5 Å². The molecule has 2 aromatic rings. The van der Waals surface area contributed by atoms with E-state index in [4.69, 9.17) is 19.7 Å². The Labute approximate surface area is 139 Å². The number of hydrogen-bond acceptors (Lipinski definition) is 8. The maximum absolute atomic E-state index is 11.9. The van der Waals surface area contributed by atoms with E-state index < -0.39 is 24.5 Å². The summed E-state index contributed by atoms with van der Waals surface area (Å²) in [5.74, 6) is -0.725. The van der Waals surface area contributed by atoms with Crippen molar-refractivity contribution in [3.8, 4) is 11.5 Å². The van der Waals surface area contributed by atoms with Crippen molar-refractivity contribution in [3.63, 3.8) is 0 Å². The van der Waals surface area contributed by atoms with Crippen LogP contribution in [-0.4, -0.2) is 46.5 Å². The van der Waals surface area contributed by atoms with Crippen LogP contribution < -0.4 is 20.1 Å². The van der Waals surface area contributed by atoms with Crippen LogP contribution in [0.2, 0.25) is 0 Å². The third-order valence-electron chi connectivity index (χ3n) is 3.15. The number of aliphatic carboxylic acids is 1. The molecule has 0 radical (unpaired) electrons. The predicted molar refractivity (Wildman–Crippen MR) is 83.9 cm³/mol. The summed E-state index contributed by atoms with van der Waals surface area (Å²) >= 11 is 1.18. The molecule has 1 aliphatic heterocycles. The number of aliphatic hydroxyl groups excluding tert-OH is 1. The van der Waals surface area contributed by atoms with Crippen molar-refractivity contribution in [2.45, 2.75) is 6.04 Å². The van der Waals surface area contributed by atoms with Gasteiger partial charge in [0.25, 0.3) is 5.91 Å². The fourth-order valence-electron chi connectivity index (χ4n) is 1.95. The molecule has 1 aromatic carbocycles. The zero-order valence-electron chi connectivity index (χ0n) is 12.2. The number of carbonyl (C=O) groups excluding carboxylic acids is 1. The highest BCUT2D eigenvalue weighted by atomic mass is 32.1. The van der Waals surface area contributed by atoms with E-state index >= 15 is 0 Å². The van der Waals surface area contributed by atoms with Crippen molar-refractivity contribution in [3.05, 3.63) is 29.3 Å². The summed E-state index contributed by atoms with van der Waals surface area (Å²) in [4.78, 5) is 26.8. The van der Waals surface area contributed by atoms with Crippen LogP contribution in [0.15, 0.2) is 23.6 Å². The Morgan fingerprint density at radius 3 is 2.88 bits per heavy atom. The molecule has 0 spiro atoms. The number of carbonyl (C=O) groups is 2. The molecule has 4 N–H and O–H groups in total. The van der Waals surface area contributed by atoms with E-state index in [-0.39, 0.29) is 12.5 Å². The molecule has 1 unspecified atom stereocenters. The number of benzene rings is 1. The molecule has 0 saturated heterocycles. The Kier molecular flexibility index (Phi) is 4.49. The number of nitrogens with zero attached hydrogens (tertiary/aromatic N) is 1. The first-order valence-electron chi connectivity index (χ1n) is 6.83. The number of hydrogen-bond donors (Lipinski definition) is 4. The van der Waals surface area contributed by atoms with Crippen LogP contribution in [0.4, 0.5) is 10.8 Å². The van der Waals surface area contributed by atoms with Crippen LogP contribution >= 0.6 is 11.3 Å². The monoisotopic (exact) mass is 351 g/mol. The molecule has 10 heteroatoms. The van der Waals surface area contributed by atoms with E-state index in [0.29, 0.717) is 22.3 Å². The van der Waals surface area contributed by atoms with Crippen LogP contribution in [0.25, 0.3) is 0 Å². The second-order valence-electron chi connectivity index (χ2n) is 4.78. The third-order valence-corrected chi connectivity index (χ3v) is 3.90. The average molecular weight is 351 g/mol. The van der Waals surface area contributed by atoms with Gasteiger partial charge in [-0.05, 0) is 12.1 Å². The fraction of sp³-hybridized carbons (Fsp3) is 0.214. The highest BCUT2D eigenvalue weighted by Gasteiger charge is 2.21. The molecule has 1 amide bonds. The number of aromatic nitrogens is 1. The van der Waals surface area contributed by atoms with E-state index in [1.807, 2.05) is 0 Å². The van der Waals surface area contributed by atoms with Gasteiger partial charge in [0.15, 0.2) is 22.7 Å². The van der Waals surface area contributed by atoms with Crippen molar-refractivity contribution in [1.29, 1.82) is 0 Å². The van der Waals surface area contributed by atoms with Gasteiger partial charge in [0.05, 0.1) is 6.61 Å². The Balaban J connectivity index is 1.67. The van der Waals surface area contributed by atoms with Crippen LogP contribution in [0.5, 0.6) is 11.5 Å². The quantitative estimate of drug-likeness (QED) is 0.601. The van der Waals surface area contributed by atoms with E-state index in [9.17, 15) is 9.59 Å². The van der Waals surface area contributed by atoms with Crippen molar-refractivity contribution in [2.75, 3.05) is 18.7 Å². The maximum Gasteiger partial charge on any atom is 0.328 e. The Bertz CT molecular complexity index is 778. The van der Waals surface area contributed by atoms with Crippen LogP contribution in [-0.2, 0) is 4.79 Å².